The van der Waals surface area contributed by atoms with E-state index >= 15 is 0 Å². The molecule has 3 unspecified atom stereocenters. The third kappa shape index (κ3) is 7.03. The van der Waals surface area contributed by atoms with E-state index in [0.717, 1.165) is 44.4 Å². The Morgan fingerprint density at radius 2 is 2.04 bits per heavy atom. The third-order valence-corrected chi connectivity index (χ3v) is 4.38. The molecule has 1 aliphatic carbocycles. The smallest absolute Gasteiger partial charge is 0.410 e. The van der Waals surface area contributed by atoms with Crippen molar-refractivity contribution in [2.45, 2.75) is 58.6 Å². The molecule has 0 aromatic rings. The molecule has 0 radical (unpaired) electrons. The highest BCUT2D eigenvalue weighted by atomic mass is 127. The molecular weight excluding hydrogens is 419 g/mol. The van der Waals surface area contributed by atoms with Crippen molar-refractivity contribution in [2.75, 3.05) is 26.7 Å². The average Bonchev–Trinajstić information content (AvgIpc) is 3.17. The van der Waals surface area contributed by atoms with Gasteiger partial charge < -0.3 is 20.3 Å². The van der Waals surface area contributed by atoms with Crippen LogP contribution < -0.4 is 10.6 Å². The van der Waals surface area contributed by atoms with Crippen LogP contribution in [0.15, 0.2) is 4.99 Å². The second-order valence-electron chi connectivity index (χ2n) is 7.85. The molecule has 1 amide bonds. The lowest BCUT2D eigenvalue weighted by atomic mass is 9.98. The number of hydrogen-bond acceptors (Lipinski definition) is 3. The fourth-order valence-corrected chi connectivity index (χ4v) is 2.86. The first kappa shape index (κ1) is 21.3. The molecule has 1 saturated carbocycles. The molecule has 2 rings (SSSR count). The quantitative estimate of drug-likeness (QED) is 0.393. The molecule has 140 valence electrons. The van der Waals surface area contributed by atoms with E-state index in [4.69, 9.17) is 4.74 Å². The van der Waals surface area contributed by atoms with E-state index in [1.165, 1.54) is 6.42 Å². The van der Waals surface area contributed by atoms with Gasteiger partial charge in [0.25, 0.3) is 0 Å². The molecule has 1 aliphatic heterocycles. The monoisotopic (exact) mass is 452 g/mol. The summed E-state index contributed by atoms with van der Waals surface area (Å²) in [6, 6.07) is 0.561. The minimum absolute atomic E-state index is 0. The number of ether oxygens (including phenoxy) is 1. The van der Waals surface area contributed by atoms with Gasteiger partial charge in [-0.05, 0) is 51.9 Å². The van der Waals surface area contributed by atoms with Crippen LogP contribution in [0.5, 0.6) is 0 Å². The number of piperidine rings is 1. The van der Waals surface area contributed by atoms with Gasteiger partial charge in [0.2, 0.25) is 0 Å². The molecular formula is C17H33IN4O2. The Morgan fingerprint density at radius 1 is 1.38 bits per heavy atom. The second-order valence-corrected chi connectivity index (χ2v) is 7.85. The van der Waals surface area contributed by atoms with Crippen LogP contribution in [0.4, 0.5) is 4.79 Å². The zero-order chi connectivity index (χ0) is 17.0. The van der Waals surface area contributed by atoms with Crippen LogP contribution in [-0.4, -0.2) is 55.3 Å². The van der Waals surface area contributed by atoms with E-state index in [-0.39, 0.29) is 30.1 Å². The Balaban J connectivity index is 0.00000288. The number of amides is 1. The van der Waals surface area contributed by atoms with Crippen molar-refractivity contribution in [2.24, 2.45) is 16.8 Å². The fourth-order valence-electron chi connectivity index (χ4n) is 2.86. The first-order chi connectivity index (χ1) is 10.8. The summed E-state index contributed by atoms with van der Waals surface area (Å²) in [5.74, 6) is 2.05. The van der Waals surface area contributed by atoms with Gasteiger partial charge in [0.05, 0.1) is 0 Å². The van der Waals surface area contributed by atoms with Gasteiger partial charge in [-0.25, -0.2) is 4.79 Å². The lowest BCUT2D eigenvalue weighted by Gasteiger charge is -2.34. The first-order valence-electron chi connectivity index (χ1n) is 8.73. The summed E-state index contributed by atoms with van der Waals surface area (Å²) in [5.41, 5.74) is -0.435. The molecule has 2 N–H and O–H groups in total. The van der Waals surface area contributed by atoms with Crippen LogP contribution >= 0.6 is 24.0 Å². The van der Waals surface area contributed by atoms with Gasteiger partial charge in [-0.2, -0.15) is 0 Å². The van der Waals surface area contributed by atoms with Crippen LogP contribution in [0.25, 0.3) is 0 Å². The molecule has 2 fully saturated rings. The molecule has 24 heavy (non-hydrogen) atoms. The number of carbonyl (C=O) groups excluding carboxylic acids is 1. The number of nitrogens with zero attached hydrogens (tertiary/aromatic N) is 2. The van der Waals surface area contributed by atoms with Crippen LogP contribution in [0.2, 0.25) is 0 Å². The first-order valence-corrected chi connectivity index (χ1v) is 8.73. The molecule has 1 heterocycles. The molecule has 0 aromatic carbocycles. The zero-order valence-electron chi connectivity index (χ0n) is 15.6. The number of rotatable bonds is 3. The third-order valence-electron chi connectivity index (χ3n) is 4.38. The second kappa shape index (κ2) is 9.10. The Morgan fingerprint density at radius 3 is 2.58 bits per heavy atom. The molecule has 0 spiro atoms. The topological polar surface area (TPSA) is 66.0 Å². The Kier molecular flexibility index (Phi) is 8.08. The standard InChI is InChI=1S/C17H32N4O2.HI/c1-12-9-14(12)20-15(18-5)19-10-13-7-6-8-21(11-13)16(22)23-17(2,3)4;/h12-14H,6-11H2,1-5H3,(H2,18,19,20);1H. The lowest BCUT2D eigenvalue weighted by Crippen LogP contribution is -2.47. The lowest BCUT2D eigenvalue weighted by molar-refractivity contribution is 0.0168. The maximum Gasteiger partial charge on any atom is 0.410 e. The summed E-state index contributed by atoms with van der Waals surface area (Å²) in [4.78, 5) is 18.3. The van der Waals surface area contributed by atoms with Crippen LogP contribution in [-0.2, 0) is 4.74 Å². The van der Waals surface area contributed by atoms with Crippen molar-refractivity contribution >= 4 is 36.0 Å². The highest BCUT2D eigenvalue weighted by molar-refractivity contribution is 14.0. The Labute approximate surface area is 163 Å². The summed E-state index contributed by atoms with van der Waals surface area (Å²) in [6.07, 6.45) is 3.17. The maximum absolute atomic E-state index is 12.2. The molecule has 6 nitrogen and oxygen atoms in total. The van der Waals surface area contributed by atoms with Gasteiger partial charge in [0.1, 0.15) is 5.60 Å². The molecule has 2 aliphatic rings. The normalized spacial score (nSPS) is 27.1. The van der Waals surface area contributed by atoms with E-state index in [1.54, 1.807) is 7.05 Å². The number of carbonyl (C=O) groups is 1. The fraction of sp³-hybridized carbons (Fsp3) is 0.882. The number of nitrogens with one attached hydrogen (secondary N) is 2. The van der Waals surface area contributed by atoms with Gasteiger partial charge in [-0.3, -0.25) is 4.99 Å². The number of likely N-dealkylation sites (tertiary alicyclic amines) is 1. The van der Waals surface area contributed by atoms with E-state index in [9.17, 15) is 4.79 Å². The molecule has 0 bridgehead atoms. The van der Waals surface area contributed by atoms with E-state index in [1.807, 2.05) is 25.7 Å². The summed E-state index contributed by atoms with van der Waals surface area (Å²) < 4.78 is 5.48. The Hall–Kier alpha value is -0.730. The number of halogens is 1. The molecule has 3 atom stereocenters. The van der Waals surface area contributed by atoms with Crippen molar-refractivity contribution in [3.8, 4) is 0 Å². The van der Waals surface area contributed by atoms with Gasteiger partial charge in [0, 0.05) is 32.7 Å². The molecule has 0 aromatic heterocycles. The van der Waals surface area contributed by atoms with Crippen LogP contribution in [0, 0.1) is 11.8 Å². The van der Waals surface area contributed by atoms with Crippen LogP contribution in [0.1, 0.15) is 47.0 Å². The highest BCUT2D eigenvalue weighted by Crippen LogP contribution is 2.28. The number of guanidine groups is 1. The van der Waals surface area contributed by atoms with Gasteiger partial charge in [-0.1, -0.05) is 6.92 Å². The summed E-state index contributed by atoms with van der Waals surface area (Å²) >= 11 is 0. The van der Waals surface area contributed by atoms with Gasteiger partial charge in [-0.15, -0.1) is 24.0 Å². The van der Waals surface area contributed by atoms with Crippen molar-refractivity contribution in [3.05, 3.63) is 0 Å². The summed E-state index contributed by atoms with van der Waals surface area (Å²) in [6.45, 7) is 10.3. The molecule has 7 heteroatoms. The maximum atomic E-state index is 12.2. The van der Waals surface area contributed by atoms with Crippen molar-refractivity contribution in [1.29, 1.82) is 0 Å². The van der Waals surface area contributed by atoms with E-state index in [2.05, 4.69) is 22.5 Å². The highest BCUT2D eigenvalue weighted by Gasteiger charge is 2.33. The largest absolute Gasteiger partial charge is 0.444 e. The van der Waals surface area contributed by atoms with Crippen molar-refractivity contribution < 1.29 is 9.53 Å². The SMILES string of the molecule is CN=C(NCC1CCCN(C(=O)OC(C)(C)C)C1)NC1CC1C.I. The minimum Gasteiger partial charge on any atom is -0.444 e. The van der Waals surface area contributed by atoms with Crippen molar-refractivity contribution in [3.63, 3.8) is 0 Å². The van der Waals surface area contributed by atoms with E-state index < -0.39 is 5.60 Å². The summed E-state index contributed by atoms with van der Waals surface area (Å²) in [5, 5.41) is 6.83. The van der Waals surface area contributed by atoms with Gasteiger partial charge >= 0.3 is 6.09 Å². The zero-order valence-corrected chi connectivity index (χ0v) is 17.9. The summed E-state index contributed by atoms with van der Waals surface area (Å²) in [7, 11) is 1.80. The predicted molar refractivity (Wildman–Crippen MR) is 108 cm³/mol. The van der Waals surface area contributed by atoms with E-state index in [0.29, 0.717) is 12.0 Å². The average molecular weight is 452 g/mol. The predicted octanol–water partition coefficient (Wildman–Crippen LogP) is 2.82. The number of hydrogen-bond donors (Lipinski definition) is 2. The molecule has 1 saturated heterocycles. The Bertz CT molecular complexity index is 450. The van der Waals surface area contributed by atoms with Gasteiger partial charge in [0.15, 0.2) is 5.96 Å². The van der Waals surface area contributed by atoms with Crippen molar-refractivity contribution in [1.82, 2.24) is 15.5 Å². The minimum atomic E-state index is -0.435. The number of aliphatic imine (C=N–C) groups is 1. The van der Waals surface area contributed by atoms with Crippen LogP contribution in [0.3, 0.4) is 0 Å².